The van der Waals surface area contributed by atoms with Crippen molar-refractivity contribution in [2.75, 3.05) is 0 Å². The molecule has 0 amide bonds. The van der Waals surface area contributed by atoms with Gasteiger partial charge < -0.3 is 15.1 Å². The fraction of sp³-hybridized carbons (Fsp3) is 0.500. The Morgan fingerprint density at radius 2 is 1.75 bits per heavy atom. The highest BCUT2D eigenvalue weighted by atomic mass is 16.6. The third-order valence-corrected chi connectivity index (χ3v) is 1.22. The van der Waals surface area contributed by atoms with Gasteiger partial charge in [0.05, 0.1) is 0 Å². The fourth-order valence-electron chi connectivity index (χ4n) is 0.470. The van der Waals surface area contributed by atoms with Crippen LogP contribution in [0.3, 0.4) is 0 Å². The van der Waals surface area contributed by atoms with E-state index in [1.54, 1.807) is 0 Å². The summed E-state index contributed by atoms with van der Waals surface area (Å²) in [6.07, 6.45) is 1.50. The maximum Gasteiger partial charge on any atom is 0.365 e. The normalized spacial score (nSPS) is 15.0. The first-order chi connectivity index (χ1) is 5.61. The van der Waals surface area contributed by atoms with Crippen molar-refractivity contribution >= 4 is 17.7 Å². The first-order valence-corrected chi connectivity index (χ1v) is 3.31. The molecule has 66 valence electrons. The minimum Gasteiger partial charge on any atom is -0.476 e. The molecule has 0 unspecified atom stereocenters. The van der Waals surface area contributed by atoms with Crippen molar-refractivity contribution < 1.29 is 24.6 Å². The molecule has 0 spiro atoms. The van der Waals surface area contributed by atoms with Gasteiger partial charge in [0.15, 0.2) is 0 Å². The maximum absolute atomic E-state index is 10.2. The molecular weight excluding hydrogens is 166 g/mol. The zero-order chi connectivity index (χ0) is 9.14. The Kier molecular flexibility index (Phi) is 2.27. The Balaban J connectivity index is 2.55. The summed E-state index contributed by atoms with van der Waals surface area (Å²) in [6.45, 7) is 0. The Hall–Kier alpha value is -1.59. The SMILES string of the molecule is O=C(O)C(=NOC1CC1)C(=O)O. The number of hydrogen-bond acceptors (Lipinski definition) is 4. The minimum absolute atomic E-state index is 0.0984. The molecule has 0 bridgehead atoms. The molecule has 0 aliphatic heterocycles. The van der Waals surface area contributed by atoms with Crippen LogP contribution < -0.4 is 0 Å². The number of rotatable bonds is 4. The molecule has 1 aliphatic carbocycles. The number of aliphatic carboxylic acids is 2. The van der Waals surface area contributed by atoms with E-state index in [0.29, 0.717) is 0 Å². The highest BCUT2D eigenvalue weighted by molar-refractivity contribution is 6.61. The van der Waals surface area contributed by atoms with Gasteiger partial charge in [0.25, 0.3) is 5.71 Å². The van der Waals surface area contributed by atoms with Gasteiger partial charge in [0, 0.05) is 0 Å². The van der Waals surface area contributed by atoms with Gasteiger partial charge in [-0.1, -0.05) is 5.16 Å². The van der Waals surface area contributed by atoms with Gasteiger partial charge in [-0.05, 0) is 12.8 Å². The van der Waals surface area contributed by atoms with E-state index in [9.17, 15) is 9.59 Å². The topological polar surface area (TPSA) is 96.2 Å². The molecule has 0 radical (unpaired) electrons. The second-order valence-corrected chi connectivity index (χ2v) is 2.35. The standard InChI is InChI=1S/C6H7NO5/c8-5(9)4(6(10)11)7-12-3-1-2-3/h3H,1-2H2,(H,8,9)(H,10,11). The Labute approximate surface area is 67.4 Å². The van der Waals surface area contributed by atoms with E-state index in [4.69, 9.17) is 10.2 Å². The predicted molar refractivity (Wildman–Crippen MR) is 36.8 cm³/mol. The van der Waals surface area contributed by atoms with Crippen LogP contribution in [0, 0.1) is 0 Å². The van der Waals surface area contributed by atoms with Crippen LogP contribution >= 0.6 is 0 Å². The summed E-state index contributed by atoms with van der Waals surface area (Å²) in [7, 11) is 0. The van der Waals surface area contributed by atoms with E-state index in [1.807, 2.05) is 0 Å². The molecule has 12 heavy (non-hydrogen) atoms. The molecule has 1 aliphatic rings. The summed E-state index contributed by atoms with van der Waals surface area (Å²) >= 11 is 0. The van der Waals surface area contributed by atoms with Crippen molar-refractivity contribution in [2.45, 2.75) is 18.9 Å². The van der Waals surface area contributed by atoms with E-state index in [2.05, 4.69) is 9.99 Å². The molecule has 1 saturated carbocycles. The average Bonchev–Trinajstić information content (AvgIpc) is 2.69. The Bertz CT molecular complexity index is 226. The molecule has 2 N–H and O–H groups in total. The molecule has 0 aromatic rings. The zero-order valence-corrected chi connectivity index (χ0v) is 6.06. The number of carboxylic acids is 2. The second-order valence-electron chi connectivity index (χ2n) is 2.35. The van der Waals surface area contributed by atoms with Crippen LogP contribution in [0.2, 0.25) is 0 Å². The summed E-state index contributed by atoms with van der Waals surface area (Å²) in [6, 6.07) is 0. The Morgan fingerprint density at radius 3 is 2.08 bits per heavy atom. The minimum atomic E-state index is -1.59. The second kappa shape index (κ2) is 3.21. The highest BCUT2D eigenvalue weighted by Gasteiger charge is 2.26. The van der Waals surface area contributed by atoms with Gasteiger partial charge in [-0.2, -0.15) is 0 Å². The molecule has 6 nitrogen and oxygen atoms in total. The van der Waals surface area contributed by atoms with E-state index in [-0.39, 0.29) is 6.10 Å². The monoisotopic (exact) mass is 173 g/mol. The Morgan fingerprint density at radius 1 is 1.25 bits per heavy atom. The molecule has 0 aromatic heterocycles. The molecule has 6 heteroatoms. The lowest BCUT2D eigenvalue weighted by Gasteiger charge is -1.95. The molecule has 1 rings (SSSR count). The van der Waals surface area contributed by atoms with Crippen molar-refractivity contribution in [2.24, 2.45) is 5.16 Å². The maximum atomic E-state index is 10.2. The van der Waals surface area contributed by atoms with Gasteiger partial charge in [-0.3, -0.25) is 0 Å². The molecule has 0 heterocycles. The van der Waals surface area contributed by atoms with E-state index >= 15 is 0 Å². The molecule has 0 atom stereocenters. The molecular formula is C6H7NO5. The van der Waals surface area contributed by atoms with Gasteiger partial charge in [0.1, 0.15) is 6.10 Å². The predicted octanol–water partition coefficient (Wildman–Crippen LogP) is -0.309. The molecule has 0 aromatic carbocycles. The number of nitrogens with zero attached hydrogens (tertiary/aromatic N) is 1. The molecule has 0 saturated heterocycles. The van der Waals surface area contributed by atoms with Crippen molar-refractivity contribution in [3.63, 3.8) is 0 Å². The first-order valence-electron chi connectivity index (χ1n) is 3.31. The lowest BCUT2D eigenvalue weighted by atomic mass is 10.4. The van der Waals surface area contributed by atoms with E-state index in [1.165, 1.54) is 0 Å². The smallest absolute Gasteiger partial charge is 0.365 e. The van der Waals surface area contributed by atoms with Crippen molar-refractivity contribution in [3.8, 4) is 0 Å². The van der Waals surface area contributed by atoms with Crippen LogP contribution in [0.15, 0.2) is 5.16 Å². The number of carbonyl (C=O) groups is 2. The average molecular weight is 173 g/mol. The van der Waals surface area contributed by atoms with Crippen molar-refractivity contribution in [1.29, 1.82) is 0 Å². The van der Waals surface area contributed by atoms with Gasteiger partial charge in [-0.15, -0.1) is 0 Å². The van der Waals surface area contributed by atoms with Crippen LogP contribution in [0.4, 0.5) is 0 Å². The van der Waals surface area contributed by atoms with E-state index < -0.39 is 17.7 Å². The summed E-state index contributed by atoms with van der Waals surface area (Å²) in [4.78, 5) is 24.9. The van der Waals surface area contributed by atoms with E-state index in [0.717, 1.165) is 12.8 Å². The summed E-state index contributed by atoms with van der Waals surface area (Å²) < 4.78 is 0. The third-order valence-electron chi connectivity index (χ3n) is 1.22. The zero-order valence-electron chi connectivity index (χ0n) is 6.06. The summed E-state index contributed by atoms with van der Waals surface area (Å²) in [5, 5.41) is 19.6. The molecule has 1 fully saturated rings. The van der Waals surface area contributed by atoms with Crippen LogP contribution in [0.5, 0.6) is 0 Å². The lowest BCUT2D eigenvalue weighted by molar-refractivity contribution is -0.134. The van der Waals surface area contributed by atoms with Crippen LogP contribution in [-0.2, 0) is 14.4 Å². The lowest BCUT2D eigenvalue weighted by Crippen LogP contribution is -2.23. The number of carboxylic acid groups (broad SMARTS) is 2. The highest BCUT2D eigenvalue weighted by Crippen LogP contribution is 2.23. The van der Waals surface area contributed by atoms with Crippen LogP contribution in [0.1, 0.15) is 12.8 Å². The summed E-state index contributed by atoms with van der Waals surface area (Å²) in [5.41, 5.74) is -0.984. The van der Waals surface area contributed by atoms with Gasteiger partial charge in [-0.25, -0.2) is 9.59 Å². The summed E-state index contributed by atoms with van der Waals surface area (Å²) in [5.74, 6) is -3.19. The quantitative estimate of drug-likeness (QED) is 0.345. The number of oxime groups is 1. The van der Waals surface area contributed by atoms with Crippen LogP contribution in [-0.4, -0.2) is 34.0 Å². The first kappa shape index (κ1) is 8.51. The van der Waals surface area contributed by atoms with Gasteiger partial charge in [0.2, 0.25) is 0 Å². The van der Waals surface area contributed by atoms with Crippen LogP contribution in [0.25, 0.3) is 0 Å². The van der Waals surface area contributed by atoms with Crippen molar-refractivity contribution in [3.05, 3.63) is 0 Å². The third kappa shape index (κ3) is 2.22. The van der Waals surface area contributed by atoms with Gasteiger partial charge >= 0.3 is 11.9 Å². The fourth-order valence-corrected chi connectivity index (χ4v) is 0.470. The largest absolute Gasteiger partial charge is 0.476 e. The van der Waals surface area contributed by atoms with Crippen molar-refractivity contribution in [1.82, 2.24) is 0 Å². The number of hydrogen-bond donors (Lipinski definition) is 2.